The molecule has 0 radical (unpaired) electrons. The standard InChI is InChI=1S/C25H44N2OS/c1-2-3-4-5-6-7-8-9-10-11-12-13-14-15-16-17-18-28-25(29)22-19-23(26)21-24(27)20-22/h19-21H,2-18,26-27H2,1H3. The molecule has 0 atom stereocenters. The number of thiocarbonyl (C=S) groups is 1. The van der Waals surface area contributed by atoms with E-state index in [0.29, 0.717) is 23.0 Å². The lowest BCUT2D eigenvalue weighted by Gasteiger charge is -2.09. The molecule has 0 saturated heterocycles. The van der Waals surface area contributed by atoms with Gasteiger partial charge in [-0.3, -0.25) is 0 Å². The molecule has 0 unspecified atom stereocenters. The maximum absolute atomic E-state index is 5.80. The van der Waals surface area contributed by atoms with Crippen LogP contribution in [0.4, 0.5) is 11.4 Å². The van der Waals surface area contributed by atoms with E-state index in [9.17, 15) is 0 Å². The molecule has 0 saturated carbocycles. The van der Waals surface area contributed by atoms with Crippen molar-refractivity contribution >= 4 is 28.6 Å². The third-order valence-electron chi connectivity index (χ3n) is 5.44. The average Bonchev–Trinajstić information content (AvgIpc) is 2.69. The second-order valence-corrected chi connectivity index (χ2v) is 8.70. The number of unbranched alkanes of at least 4 members (excludes halogenated alkanes) is 15. The van der Waals surface area contributed by atoms with Gasteiger partial charge in [0.1, 0.15) is 0 Å². The third kappa shape index (κ3) is 14.4. The second-order valence-electron chi connectivity index (χ2n) is 8.33. The van der Waals surface area contributed by atoms with Gasteiger partial charge in [-0.15, -0.1) is 0 Å². The van der Waals surface area contributed by atoms with Gasteiger partial charge in [0.2, 0.25) is 0 Å². The predicted octanol–water partition coefficient (Wildman–Crippen LogP) is 7.80. The summed E-state index contributed by atoms with van der Waals surface area (Å²) >= 11 is 5.32. The zero-order valence-corrected chi connectivity index (χ0v) is 19.5. The fraction of sp³-hybridized carbons (Fsp3) is 0.720. The molecule has 29 heavy (non-hydrogen) atoms. The van der Waals surface area contributed by atoms with Crippen molar-refractivity contribution in [3.8, 4) is 0 Å². The molecule has 0 aromatic heterocycles. The SMILES string of the molecule is CCCCCCCCCCCCCCCCCCOC(=S)c1cc(N)cc(N)c1. The van der Waals surface area contributed by atoms with Crippen LogP contribution in [-0.4, -0.2) is 11.7 Å². The Bertz CT molecular complexity index is 527. The maximum atomic E-state index is 5.80. The zero-order valence-electron chi connectivity index (χ0n) is 18.7. The van der Waals surface area contributed by atoms with Gasteiger partial charge in [-0.05, 0) is 36.8 Å². The number of hydrogen-bond donors (Lipinski definition) is 2. The Hall–Kier alpha value is -1.29. The summed E-state index contributed by atoms with van der Waals surface area (Å²) in [6.07, 6.45) is 21.9. The summed E-state index contributed by atoms with van der Waals surface area (Å²) < 4.78 is 5.68. The first-order valence-electron chi connectivity index (χ1n) is 12.0. The van der Waals surface area contributed by atoms with Crippen LogP contribution in [0.3, 0.4) is 0 Å². The van der Waals surface area contributed by atoms with E-state index >= 15 is 0 Å². The Balaban J connectivity index is 1.84. The number of rotatable bonds is 18. The van der Waals surface area contributed by atoms with Gasteiger partial charge in [-0.1, -0.05) is 103 Å². The molecule has 1 aromatic rings. The van der Waals surface area contributed by atoms with Gasteiger partial charge >= 0.3 is 0 Å². The van der Waals surface area contributed by atoms with Crippen LogP contribution >= 0.6 is 12.2 Å². The lowest BCUT2D eigenvalue weighted by atomic mass is 10.0. The topological polar surface area (TPSA) is 61.3 Å². The normalized spacial score (nSPS) is 10.9. The fourth-order valence-electron chi connectivity index (χ4n) is 3.69. The molecule has 0 heterocycles. The molecular weight excluding hydrogens is 376 g/mol. The van der Waals surface area contributed by atoms with E-state index in [2.05, 4.69) is 6.92 Å². The Labute approximate surface area is 185 Å². The number of benzene rings is 1. The van der Waals surface area contributed by atoms with Crippen molar-refractivity contribution in [2.45, 2.75) is 110 Å². The maximum Gasteiger partial charge on any atom is 0.191 e. The minimum atomic E-state index is 0.491. The smallest absolute Gasteiger partial charge is 0.191 e. The van der Waals surface area contributed by atoms with Gasteiger partial charge < -0.3 is 16.2 Å². The lowest BCUT2D eigenvalue weighted by Crippen LogP contribution is -2.06. The molecule has 0 fully saturated rings. The molecule has 1 rings (SSSR count). The number of nitrogen functional groups attached to an aromatic ring is 2. The summed E-state index contributed by atoms with van der Waals surface area (Å²) in [7, 11) is 0. The Morgan fingerprint density at radius 2 is 1.03 bits per heavy atom. The molecule has 0 amide bonds. The lowest BCUT2D eigenvalue weighted by molar-refractivity contribution is 0.300. The number of nitrogens with two attached hydrogens (primary N) is 2. The molecule has 166 valence electrons. The zero-order chi connectivity index (χ0) is 21.2. The van der Waals surface area contributed by atoms with E-state index in [0.717, 1.165) is 12.0 Å². The van der Waals surface area contributed by atoms with Crippen molar-refractivity contribution in [2.75, 3.05) is 18.1 Å². The predicted molar refractivity (Wildman–Crippen MR) is 132 cm³/mol. The van der Waals surface area contributed by atoms with Crippen molar-refractivity contribution in [3.63, 3.8) is 0 Å². The van der Waals surface area contributed by atoms with E-state index in [1.54, 1.807) is 6.07 Å². The van der Waals surface area contributed by atoms with E-state index in [4.69, 9.17) is 28.4 Å². The monoisotopic (exact) mass is 420 g/mol. The van der Waals surface area contributed by atoms with Gasteiger partial charge in [0.05, 0.1) is 6.61 Å². The van der Waals surface area contributed by atoms with Gasteiger partial charge in [0.15, 0.2) is 5.05 Å². The van der Waals surface area contributed by atoms with Crippen molar-refractivity contribution in [3.05, 3.63) is 23.8 Å². The summed E-state index contributed by atoms with van der Waals surface area (Å²) in [6.45, 7) is 2.96. The molecule has 1 aromatic carbocycles. The summed E-state index contributed by atoms with van der Waals surface area (Å²) in [6, 6.07) is 5.35. The number of hydrogen-bond acceptors (Lipinski definition) is 4. The van der Waals surface area contributed by atoms with Gasteiger partial charge in [0, 0.05) is 16.9 Å². The first kappa shape index (κ1) is 25.7. The second kappa shape index (κ2) is 17.6. The quantitative estimate of drug-likeness (QED) is 0.144. The summed E-state index contributed by atoms with van der Waals surface area (Å²) in [5.74, 6) is 0. The minimum Gasteiger partial charge on any atom is -0.483 e. The van der Waals surface area contributed by atoms with Crippen LogP contribution in [0.5, 0.6) is 0 Å². The molecule has 4 heteroatoms. The highest BCUT2D eigenvalue weighted by Crippen LogP contribution is 2.16. The minimum absolute atomic E-state index is 0.491. The van der Waals surface area contributed by atoms with Crippen molar-refractivity contribution < 1.29 is 4.74 Å². The highest BCUT2D eigenvalue weighted by molar-refractivity contribution is 7.80. The van der Waals surface area contributed by atoms with Crippen molar-refractivity contribution in [1.82, 2.24) is 0 Å². The molecule has 0 spiro atoms. The number of anilines is 2. The summed E-state index contributed by atoms with van der Waals surface area (Å²) in [4.78, 5) is 0. The van der Waals surface area contributed by atoms with Crippen LogP contribution < -0.4 is 11.5 Å². The number of ether oxygens (including phenoxy) is 1. The third-order valence-corrected chi connectivity index (χ3v) is 5.80. The van der Waals surface area contributed by atoms with Crippen molar-refractivity contribution in [2.24, 2.45) is 0 Å². The molecule has 3 nitrogen and oxygen atoms in total. The van der Waals surface area contributed by atoms with E-state index in [-0.39, 0.29) is 0 Å². The van der Waals surface area contributed by atoms with E-state index in [1.807, 2.05) is 12.1 Å². The highest BCUT2D eigenvalue weighted by Gasteiger charge is 2.04. The van der Waals surface area contributed by atoms with Crippen LogP contribution in [0.2, 0.25) is 0 Å². The van der Waals surface area contributed by atoms with E-state index in [1.165, 1.54) is 96.3 Å². The molecule has 0 aliphatic heterocycles. The van der Waals surface area contributed by atoms with Gasteiger partial charge in [-0.2, -0.15) is 0 Å². The molecule has 0 aliphatic carbocycles. The first-order chi connectivity index (χ1) is 14.1. The van der Waals surface area contributed by atoms with Gasteiger partial charge in [-0.25, -0.2) is 0 Å². The fourth-order valence-corrected chi connectivity index (χ4v) is 3.89. The Kier molecular flexibility index (Phi) is 15.6. The van der Waals surface area contributed by atoms with Crippen LogP contribution in [0.25, 0.3) is 0 Å². The van der Waals surface area contributed by atoms with Crippen LogP contribution in [0, 0.1) is 0 Å². The van der Waals surface area contributed by atoms with E-state index < -0.39 is 0 Å². The van der Waals surface area contributed by atoms with Crippen LogP contribution in [-0.2, 0) is 4.74 Å². The van der Waals surface area contributed by atoms with Crippen LogP contribution in [0.15, 0.2) is 18.2 Å². The molecule has 0 bridgehead atoms. The molecular formula is C25H44N2OS. The van der Waals surface area contributed by atoms with Crippen LogP contribution in [0.1, 0.15) is 115 Å². The Morgan fingerprint density at radius 3 is 1.45 bits per heavy atom. The van der Waals surface area contributed by atoms with Gasteiger partial charge in [0.25, 0.3) is 0 Å². The summed E-state index contributed by atoms with van der Waals surface area (Å²) in [5, 5.41) is 0.491. The summed E-state index contributed by atoms with van der Waals surface area (Å²) in [5.41, 5.74) is 13.6. The molecule has 0 aliphatic rings. The Morgan fingerprint density at radius 1 is 0.655 bits per heavy atom. The molecule has 4 N–H and O–H groups in total. The largest absolute Gasteiger partial charge is 0.483 e. The highest BCUT2D eigenvalue weighted by atomic mass is 32.1. The van der Waals surface area contributed by atoms with Crippen molar-refractivity contribution in [1.29, 1.82) is 0 Å². The first-order valence-corrected chi connectivity index (χ1v) is 12.4. The average molecular weight is 421 g/mol.